The van der Waals surface area contributed by atoms with Crippen LogP contribution in [0.2, 0.25) is 0 Å². The van der Waals surface area contributed by atoms with Crippen molar-refractivity contribution in [2.45, 2.75) is 70.7 Å². The van der Waals surface area contributed by atoms with Crippen molar-refractivity contribution < 1.29 is 23.8 Å². The van der Waals surface area contributed by atoms with Gasteiger partial charge in [0.25, 0.3) is 11.8 Å². The fourth-order valence-corrected chi connectivity index (χ4v) is 5.76. The minimum absolute atomic E-state index is 0.229. The van der Waals surface area contributed by atoms with E-state index < -0.39 is 18.1 Å². The molecule has 1 aliphatic rings. The van der Waals surface area contributed by atoms with Gasteiger partial charge in [0.05, 0.1) is 24.9 Å². The second-order valence-electron chi connectivity index (χ2n) is 12.2. The maximum absolute atomic E-state index is 13.8. The summed E-state index contributed by atoms with van der Waals surface area (Å²) in [5, 5.41) is 17.7. The molecule has 3 N–H and O–H groups in total. The Balaban J connectivity index is 1.32. The van der Waals surface area contributed by atoms with Gasteiger partial charge in [0.15, 0.2) is 0 Å². The minimum Gasteiger partial charge on any atom is -0.497 e. The van der Waals surface area contributed by atoms with E-state index in [2.05, 4.69) is 40.5 Å². The smallest absolute Gasteiger partial charge is 0.254 e. The van der Waals surface area contributed by atoms with Gasteiger partial charge in [-0.1, -0.05) is 50.2 Å². The van der Waals surface area contributed by atoms with Crippen molar-refractivity contribution in [3.63, 3.8) is 0 Å². The predicted molar refractivity (Wildman–Crippen MR) is 175 cm³/mol. The lowest BCUT2D eigenvalue weighted by molar-refractivity contribution is 0.0715. The molecule has 10 heteroatoms. The largest absolute Gasteiger partial charge is 0.497 e. The third-order valence-electron chi connectivity index (χ3n) is 8.33. The molecule has 3 atom stereocenters. The Morgan fingerprint density at radius 2 is 1.87 bits per heavy atom. The Morgan fingerprint density at radius 3 is 2.59 bits per heavy atom. The minimum atomic E-state index is -0.897. The molecule has 0 spiro atoms. The molecule has 46 heavy (non-hydrogen) atoms. The molecule has 4 aromatic rings. The van der Waals surface area contributed by atoms with Crippen molar-refractivity contribution in [1.82, 2.24) is 25.5 Å². The van der Waals surface area contributed by atoms with Gasteiger partial charge in [0.1, 0.15) is 18.1 Å². The second kappa shape index (κ2) is 15.2. The molecule has 0 radical (unpaired) electrons. The SMILES string of the molecule is COc1cc(C(=O)NC(Cc2ccccc2)C(O)CNCc2cncc(C(C)C)c2)cc(C(=O)N2CCCC2c2nc(C)co2)c1. The summed E-state index contributed by atoms with van der Waals surface area (Å²) in [5.74, 6) is 0.623. The lowest BCUT2D eigenvalue weighted by Crippen LogP contribution is -2.48. The van der Waals surface area contributed by atoms with Gasteiger partial charge in [-0.25, -0.2) is 4.98 Å². The number of pyridine rings is 1. The van der Waals surface area contributed by atoms with Crippen molar-refractivity contribution in [3.05, 3.63) is 113 Å². The van der Waals surface area contributed by atoms with Crippen LogP contribution in [0, 0.1) is 6.92 Å². The Bertz CT molecular complexity index is 1620. The summed E-state index contributed by atoms with van der Waals surface area (Å²) in [6, 6.07) is 15.8. The number of benzene rings is 2. The molecule has 3 unspecified atom stereocenters. The van der Waals surface area contributed by atoms with Crippen molar-refractivity contribution in [2.75, 3.05) is 20.2 Å². The van der Waals surface area contributed by atoms with E-state index in [1.807, 2.05) is 49.6 Å². The van der Waals surface area contributed by atoms with Gasteiger partial charge < -0.3 is 29.8 Å². The van der Waals surface area contributed by atoms with Crippen molar-refractivity contribution in [2.24, 2.45) is 0 Å². The van der Waals surface area contributed by atoms with E-state index in [4.69, 9.17) is 9.15 Å². The maximum Gasteiger partial charge on any atom is 0.254 e. The molecular formula is C36H43N5O5. The number of nitrogens with zero attached hydrogens (tertiary/aromatic N) is 3. The maximum atomic E-state index is 13.8. The molecule has 3 heterocycles. The lowest BCUT2D eigenvalue weighted by Gasteiger charge is -2.25. The van der Waals surface area contributed by atoms with Crippen LogP contribution in [0.4, 0.5) is 0 Å². The Labute approximate surface area is 270 Å². The molecule has 1 fully saturated rings. The predicted octanol–water partition coefficient (Wildman–Crippen LogP) is 4.98. The van der Waals surface area contributed by atoms with Gasteiger partial charge in [-0.3, -0.25) is 14.6 Å². The highest BCUT2D eigenvalue weighted by Crippen LogP contribution is 2.33. The molecule has 0 saturated carbocycles. The van der Waals surface area contributed by atoms with Gasteiger partial charge >= 0.3 is 0 Å². The van der Waals surface area contributed by atoms with Gasteiger partial charge in [0.2, 0.25) is 5.89 Å². The number of carbonyl (C=O) groups is 2. The summed E-state index contributed by atoms with van der Waals surface area (Å²) in [7, 11) is 1.50. The van der Waals surface area contributed by atoms with E-state index in [1.54, 1.807) is 29.4 Å². The molecule has 2 amide bonds. The molecule has 0 bridgehead atoms. The average Bonchev–Trinajstić information content (AvgIpc) is 3.73. The van der Waals surface area contributed by atoms with Crippen molar-refractivity contribution in [3.8, 4) is 5.75 Å². The number of oxazole rings is 1. The summed E-state index contributed by atoms with van der Waals surface area (Å²) in [5.41, 5.74) is 4.50. The van der Waals surface area contributed by atoms with Gasteiger partial charge in [-0.2, -0.15) is 0 Å². The number of hydrogen-bond donors (Lipinski definition) is 3. The number of methoxy groups -OCH3 is 1. The summed E-state index contributed by atoms with van der Waals surface area (Å²) < 4.78 is 11.1. The molecule has 2 aromatic carbocycles. The molecule has 5 rings (SSSR count). The average molecular weight is 626 g/mol. The van der Waals surface area contributed by atoms with Gasteiger partial charge in [-0.05, 0) is 67.0 Å². The summed E-state index contributed by atoms with van der Waals surface area (Å²) in [6.45, 7) is 7.43. The first-order chi connectivity index (χ1) is 22.2. The topological polar surface area (TPSA) is 130 Å². The number of likely N-dealkylation sites (tertiary alicyclic amines) is 1. The monoisotopic (exact) mass is 625 g/mol. The number of aryl methyl sites for hydroxylation is 1. The van der Waals surface area contributed by atoms with Crippen LogP contribution in [0.3, 0.4) is 0 Å². The van der Waals surface area contributed by atoms with Gasteiger partial charge in [-0.15, -0.1) is 0 Å². The van der Waals surface area contributed by atoms with E-state index in [0.29, 0.717) is 42.6 Å². The Morgan fingerprint density at radius 1 is 1.09 bits per heavy atom. The highest BCUT2D eigenvalue weighted by molar-refractivity contribution is 6.00. The second-order valence-corrected chi connectivity index (χ2v) is 12.2. The zero-order valence-electron chi connectivity index (χ0n) is 26.9. The van der Waals surface area contributed by atoms with E-state index in [9.17, 15) is 14.7 Å². The molecule has 1 saturated heterocycles. The summed E-state index contributed by atoms with van der Waals surface area (Å²) in [6.07, 6.45) is 6.35. The highest BCUT2D eigenvalue weighted by Gasteiger charge is 2.34. The van der Waals surface area contributed by atoms with Crippen LogP contribution in [0.15, 0.2) is 77.7 Å². The van der Waals surface area contributed by atoms with Crippen LogP contribution >= 0.6 is 0 Å². The molecule has 10 nitrogen and oxygen atoms in total. The van der Waals surface area contributed by atoms with Crippen molar-refractivity contribution in [1.29, 1.82) is 0 Å². The first-order valence-electron chi connectivity index (χ1n) is 15.8. The third kappa shape index (κ3) is 8.18. The molecule has 242 valence electrons. The number of hydrogen-bond acceptors (Lipinski definition) is 8. The fourth-order valence-electron chi connectivity index (χ4n) is 5.76. The number of amides is 2. The number of carbonyl (C=O) groups excluding carboxylic acids is 2. The number of aromatic nitrogens is 2. The number of ether oxygens (including phenoxy) is 1. The van der Waals surface area contributed by atoms with Crippen LogP contribution in [-0.4, -0.2) is 64.1 Å². The normalized spacial score (nSPS) is 16.0. The Hall–Kier alpha value is -4.54. The Kier molecular flexibility index (Phi) is 10.8. The zero-order valence-corrected chi connectivity index (χ0v) is 26.9. The number of rotatable bonds is 13. The first-order valence-corrected chi connectivity index (χ1v) is 15.8. The van der Waals surface area contributed by atoms with Crippen LogP contribution in [0.25, 0.3) is 0 Å². The number of nitrogens with one attached hydrogen (secondary N) is 2. The van der Waals surface area contributed by atoms with Gasteiger partial charge in [0, 0.05) is 43.2 Å². The van der Waals surface area contributed by atoms with E-state index in [0.717, 1.165) is 35.2 Å². The van der Waals surface area contributed by atoms with Crippen LogP contribution in [-0.2, 0) is 13.0 Å². The van der Waals surface area contributed by atoms with Crippen molar-refractivity contribution >= 4 is 11.8 Å². The van der Waals surface area contributed by atoms with E-state index in [-0.39, 0.29) is 24.1 Å². The van der Waals surface area contributed by atoms with E-state index in [1.165, 1.54) is 7.11 Å². The summed E-state index contributed by atoms with van der Waals surface area (Å²) in [4.78, 5) is 38.0. The summed E-state index contributed by atoms with van der Waals surface area (Å²) >= 11 is 0. The van der Waals surface area contributed by atoms with Crippen LogP contribution in [0.1, 0.15) is 87.6 Å². The molecule has 2 aromatic heterocycles. The number of aliphatic hydroxyl groups excluding tert-OH is 1. The zero-order chi connectivity index (χ0) is 32.6. The van der Waals surface area contributed by atoms with Crippen LogP contribution in [0.5, 0.6) is 5.75 Å². The number of aliphatic hydroxyl groups is 1. The molecule has 0 aliphatic carbocycles. The fraction of sp³-hybridized carbons (Fsp3) is 0.389. The van der Waals surface area contributed by atoms with E-state index >= 15 is 0 Å². The highest BCUT2D eigenvalue weighted by atomic mass is 16.5. The standard InChI is InChI=1S/C36H43N5O5/c1-23(2)29-13-26(18-37-20-29)19-38-21-33(42)31(14-25-9-6-5-7-10-25)40-34(43)27-15-28(17-30(16-27)45-4)36(44)41-12-8-11-32(41)35-39-24(3)22-46-35/h5-7,9-10,13,15-18,20,22-23,31-33,38,42H,8,11-12,14,19,21H2,1-4H3,(H,40,43). The third-order valence-corrected chi connectivity index (χ3v) is 8.33. The molecular weight excluding hydrogens is 582 g/mol. The first kappa shape index (κ1) is 32.8. The quantitative estimate of drug-likeness (QED) is 0.190. The van der Waals surface area contributed by atoms with Crippen LogP contribution < -0.4 is 15.4 Å². The molecule has 1 aliphatic heterocycles. The lowest BCUT2D eigenvalue weighted by atomic mass is 10.00.